The molecule has 4 nitrogen and oxygen atoms in total. The normalized spacial score (nSPS) is 11.1. The van der Waals surface area contributed by atoms with Gasteiger partial charge in [0.05, 0.1) is 10.7 Å². The third kappa shape index (κ3) is 2.77. The van der Waals surface area contributed by atoms with E-state index in [0.29, 0.717) is 10.7 Å². The van der Waals surface area contributed by atoms with Gasteiger partial charge in [-0.2, -0.15) is 0 Å². The van der Waals surface area contributed by atoms with E-state index in [1.165, 1.54) is 13.8 Å². The molecule has 0 spiro atoms. The number of carbonyl (C=O) groups is 2. The van der Waals surface area contributed by atoms with E-state index in [2.05, 4.69) is 5.32 Å². The van der Waals surface area contributed by atoms with Gasteiger partial charge in [-0.05, 0) is 32.4 Å². The molecule has 0 saturated carbocycles. The van der Waals surface area contributed by atoms with Crippen LogP contribution in [0.1, 0.15) is 19.4 Å². The Bertz CT molecular complexity index is 449. The molecule has 1 aromatic rings. The molecule has 0 saturated heterocycles. The Morgan fingerprint density at radius 2 is 1.94 bits per heavy atom. The van der Waals surface area contributed by atoms with Crippen LogP contribution in [0.5, 0.6) is 0 Å². The summed E-state index contributed by atoms with van der Waals surface area (Å²) in [4.78, 5) is 22.8. The van der Waals surface area contributed by atoms with E-state index in [9.17, 15) is 9.59 Å². The molecule has 5 heteroatoms. The summed E-state index contributed by atoms with van der Waals surface area (Å²) in [5.74, 6) is -1.78. The van der Waals surface area contributed by atoms with E-state index in [0.717, 1.165) is 5.56 Å². The van der Waals surface area contributed by atoms with E-state index in [1.807, 2.05) is 0 Å². The lowest BCUT2D eigenvalue weighted by atomic mass is 9.92. The van der Waals surface area contributed by atoms with Crippen LogP contribution in [0.25, 0.3) is 0 Å². The average Bonchev–Trinajstić information content (AvgIpc) is 2.23. The quantitative estimate of drug-likeness (QED) is 0.816. The number of carboxylic acid groups (broad SMARTS) is 1. The van der Waals surface area contributed by atoms with E-state index < -0.39 is 17.3 Å². The Morgan fingerprint density at radius 3 is 2.41 bits per heavy atom. The number of carbonyl (C=O) groups excluding carboxylic acids is 1. The fraction of sp³-hybridized carbons (Fsp3) is 0.333. The first-order valence-corrected chi connectivity index (χ1v) is 5.44. The zero-order chi connectivity index (χ0) is 13.2. The van der Waals surface area contributed by atoms with Crippen molar-refractivity contribution in [1.82, 2.24) is 0 Å². The smallest absolute Gasteiger partial charge is 0.318 e. The summed E-state index contributed by atoms with van der Waals surface area (Å²) in [6.45, 7) is 4.48. The number of anilines is 1. The van der Waals surface area contributed by atoms with Crippen molar-refractivity contribution in [3.05, 3.63) is 28.8 Å². The number of hydrogen-bond acceptors (Lipinski definition) is 2. The predicted octanol–water partition coefficient (Wildman–Crippen LogP) is 2.70. The Morgan fingerprint density at radius 1 is 1.35 bits per heavy atom. The van der Waals surface area contributed by atoms with E-state index in [-0.39, 0.29) is 0 Å². The van der Waals surface area contributed by atoms with Gasteiger partial charge in [-0.1, -0.05) is 23.7 Å². The summed E-state index contributed by atoms with van der Waals surface area (Å²) in [5, 5.41) is 11.9. The third-order valence-corrected chi connectivity index (χ3v) is 2.88. The van der Waals surface area contributed by atoms with Crippen molar-refractivity contribution in [2.24, 2.45) is 5.41 Å². The molecule has 0 unspecified atom stereocenters. The Labute approximate surface area is 105 Å². The summed E-state index contributed by atoms with van der Waals surface area (Å²) in [6.07, 6.45) is 0. The second kappa shape index (κ2) is 4.75. The number of para-hydroxylation sites is 1. The molecule has 1 rings (SSSR count). The van der Waals surface area contributed by atoms with Gasteiger partial charge in [0.1, 0.15) is 5.41 Å². The first-order chi connectivity index (χ1) is 7.76. The molecule has 1 amide bonds. The highest BCUT2D eigenvalue weighted by Crippen LogP contribution is 2.27. The van der Waals surface area contributed by atoms with Gasteiger partial charge >= 0.3 is 5.97 Å². The minimum absolute atomic E-state index is 0.388. The molecule has 0 bridgehead atoms. The van der Waals surface area contributed by atoms with Gasteiger partial charge < -0.3 is 10.4 Å². The fourth-order valence-corrected chi connectivity index (χ4v) is 1.43. The van der Waals surface area contributed by atoms with E-state index in [4.69, 9.17) is 16.7 Å². The van der Waals surface area contributed by atoms with Crippen LogP contribution in [0.2, 0.25) is 5.02 Å². The SMILES string of the molecule is Cc1cccc(Cl)c1NC(=O)C(C)(C)C(=O)O. The molecular formula is C12H14ClNO3. The maximum absolute atomic E-state index is 11.8. The molecule has 92 valence electrons. The van der Waals surface area contributed by atoms with Crippen molar-refractivity contribution in [2.45, 2.75) is 20.8 Å². The van der Waals surface area contributed by atoms with Gasteiger partial charge in [-0.3, -0.25) is 9.59 Å². The van der Waals surface area contributed by atoms with Crippen molar-refractivity contribution in [2.75, 3.05) is 5.32 Å². The maximum atomic E-state index is 11.8. The van der Waals surface area contributed by atoms with Crippen LogP contribution in [0.3, 0.4) is 0 Å². The van der Waals surface area contributed by atoms with Gasteiger partial charge in [0.25, 0.3) is 0 Å². The molecule has 0 aromatic heterocycles. The topological polar surface area (TPSA) is 66.4 Å². The highest BCUT2D eigenvalue weighted by atomic mass is 35.5. The first-order valence-electron chi connectivity index (χ1n) is 5.06. The highest BCUT2D eigenvalue weighted by Gasteiger charge is 2.36. The van der Waals surface area contributed by atoms with Crippen LogP contribution in [-0.4, -0.2) is 17.0 Å². The molecule has 1 aromatic carbocycles. The summed E-state index contributed by atoms with van der Waals surface area (Å²) < 4.78 is 0. The standard InChI is InChI=1S/C12H14ClNO3/c1-7-5-4-6-8(13)9(7)14-10(15)12(2,3)11(16)17/h4-6H,1-3H3,(H,14,15)(H,16,17). The first kappa shape index (κ1) is 13.5. The number of carboxylic acids is 1. The summed E-state index contributed by atoms with van der Waals surface area (Å²) in [7, 11) is 0. The number of nitrogens with one attached hydrogen (secondary N) is 1. The fourth-order valence-electron chi connectivity index (χ4n) is 1.16. The monoisotopic (exact) mass is 255 g/mol. The summed E-state index contributed by atoms with van der Waals surface area (Å²) in [6, 6.07) is 5.18. The molecule has 0 aliphatic heterocycles. The van der Waals surface area contributed by atoms with Crippen molar-refractivity contribution in [3.63, 3.8) is 0 Å². The second-order valence-corrected chi connectivity index (χ2v) is 4.72. The molecule has 2 N–H and O–H groups in total. The molecule has 0 heterocycles. The van der Waals surface area contributed by atoms with Crippen molar-refractivity contribution in [1.29, 1.82) is 0 Å². The van der Waals surface area contributed by atoms with Crippen molar-refractivity contribution >= 4 is 29.2 Å². The van der Waals surface area contributed by atoms with Gasteiger partial charge in [0.15, 0.2) is 0 Å². The summed E-state index contributed by atoms with van der Waals surface area (Å²) >= 11 is 5.94. The van der Waals surface area contributed by atoms with Crippen molar-refractivity contribution < 1.29 is 14.7 Å². The van der Waals surface area contributed by atoms with Gasteiger partial charge in [-0.15, -0.1) is 0 Å². The number of rotatable bonds is 3. The number of halogens is 1. The second-order valence-electron chi connectivity index (χ2n) is 4.32. The highest BCUT2D eigenvalue weighted by molar-refractivity contribution is 6.34. The van der Waals surface area contributed by atoms with Crippen LogP contribution < -0.4 is 5.32 Å². The Balaban J connectivity index is 3.00. The predicted molar refractivity (Wildman–Crippen MR) is 66.2 cm³/mol. The molecule has 17 heavy (non-hydrogen) atoms. The van der Waals surface area contributed by atoms with E-state index in [1.54, 1.807) is 25.1 Å². The van der Waals surface area contributed by atoms with Crippen molar-refractivity contribution in [3.8, 4) is 0 Å². The zero-order valence-corrected chi connectivity index (χ0v) is 10.6. The van der Waals surface area contributed by atoms with Crippen LogP contribution in [-0.2, 0) is 9.59 Å². The van der Waals surface area contributed by atoms with Gasteiger partial charge in [-0.25, -0.2) is 0 Å². The van der Waals surface area contributed by atoms with Crippen LogP contribution in [0.4, 0.5) is 5.69 Å². The lowest BCUT2D eigenvalue weighted by Gasteiger charge is -2.19. The minimum atomic E-state index is -1.49. The number of aryl methyl sites for hydroxylation is 1. The van der Waals surface area contributed by atoms with E-state index >= 15 is 0 Å². The zero-order valence-electron chi connectivity index (χ0n) is 9.87. The lowest BCUT2D eigenvalue weighted by Crippen LogP contribution is -2.38. The van der Waals surface area contributed by atoms with Crippen LogP contribution in [0.15, 0.2) is 18.2 Å². The Kier molecular flexibility index (Phi) is 3.78. The van der Waals surface area contributed by atoms with Gasteiger partial charge in [0.2, 0.25) is 5.91 Å². The molecule has 0 aliphatic rings. The number of aliphatic carboxylic acids is 1. The van der Waals surface area contributed by atoms with Crippen LogP contribution >= 0.6 is 11.6 Å². The largest absolute Gasteiger partial charge is 0.480 e. The van der Waals surface area contributed by atoms with Gasteiger partial charge in [0, 0.05) is 0 Å². The Hall–Kier alpha value is -1.55. The molecule has 0 radical (unpaired) electrons. The summed E-state index contributed by atoms with van der Waals surface area (Å²) in [5.41, 5.74) is -0.258. The number of hydrogen-bond donors (Lipinski definition) is 2. The molecule has 0 fully saturated rings. The average molecular weight is 256 g/mol. The number of benzene rings is 1. The molecule has 0 aliphatic carbocycles. The molecular weight excluding hydrogens is 242 g/mol. The minimum Gasteiger partial charge on any atom is -0.480 e. The number of amides is 1. The molecule has 0 atom stereocenters. The lowest BCUT2D eigenvalue weighted by molar-refractivity contribution is -0.151. The maximum Gasteiger partial charge on any atom is 0.318 e. The van der Waals surface area contributed by atoms with Crippen LogP contribution in [0, 0.1) is 12.3 Å². The third-order valence-electron chi connectivity index (χ3n) is 2.56.